The van der Waals surface area contributed by atoms with Crippen LogP contribution in [0.5, 0.6) is 5.75 Å². The van der Waals surface area contributed by atoms with Gasteiger partial charge in [-0.3, -0.25) is 0 Å². The Morgan fingerprint density at radius 3 is 2.46 bits per heavy atom. The summed E-state index contributed by atoms with van der Waals surface area (Å²) in [5.41, 5.74) is 0.634. The fourth-order valence-electron chi connectivity index (χ4n) is 1.45. The summed E-state index contributed by atoms with van der Waals surface area (Å²) in [5, 5.41) is 12.0. The Labute approximate surface area is 76.4 Å². The van der Waals surface area contributed by atoms with E-state index in [2.05, 4.69) is 5.32 Å². The summed E-state index contributed by atoms with van der Waals surface area (Å²) in [4.78, 5) is 0. The van der Waals surface area contributed by atoms with Crippen LogP contribution in [0.15, 0.2) is 24.3 Å². The van der Waals surface area contributed by atoms with Crippen molar-refractivity contribution in [2.24, 2.45) is 0 Å². The first-order chi connectivity index (χ1) is 6.27. The van der Waals surface area contributed by atoms with Crippen LogP contribution < -0.4 is 5.32 Å². The minimum Gasteiger partial charge on any atom is -0.508 e. The summed E-state index contributed by atoms with van der Waals surface area (Å²) in [6, 6.07) is 6.24. The number of nitrogens with one attached hydrogen (secondary N) is 1. The van der Waals surface area contributed by atoms with Gasteiger partial charge in [-0.25, -0.2) is 4.39 Å². The van der Waals surface area contributed by atoms with Crippen LogP contribution in [0, 0.1) is 0 Å². The SMILES string of the molecule is Oc1ccc(C(F)C2CCN2)cc1. The second-order valence-corrected chi connectivity index (χ2v) is 3.34. The fourth-order valence-corrected chi connectivity index (χ4v) is 1.45. The molecule has 2 N–H and O–H groups in total. The molecule has 0 spiro atoms. The van der Waals surface area contributed by atoms with Gasteiger partial charge in [0, 0.05) is 6.04 Å². The predicted molar refractivity (Wildman–Crippen MR) is 48.4 cm³/mol. The lowest BCUT2D eigenvalue weighted by Crippen LogP contribution is -2.45. The zero-order valence-electron chi connectivity index (χ0n) is 7.20. The molecule has 1 aliphatic rings. The molecular weight excluding hydrogens is 169 g/mol. The van der Waals surface area contributed by atoms with E-state index in [1.54, 1.807) is 12.1 Å². The third-order valence-corrected chi connectivity index (χ3v) is 2.43. The molecule has 1 aliphatic heterocycles. The molecular formula is C10H12FNO. The van der Waals surface area contributed by atoms with Crippen LogP contribution in [-0.4, -0.2) is 17.7 Å². The smallest absolute Gasteiger partial charge is 0.140 e. The maximum atomic E-state index is 13.6. The van der Waals surface area contributed by atoms with Crippen LogP contribution in [0.1, 0.15) is 18.2 Å². The fraction of sp³-hybridized carbons (Fsp3) is 0.400. The number of benzene rings is 1. The molecule has 0 aliphatic carbocycles. The van der Waals surface area contributed by atoms with Gasteiger partial charge in [-0.2, -0.15) is 0 Å². The molecule has 0 aromatic heterocycles. The van der Waals surface area contributed by atoms with Crippen molar-refractivity contribution in [3.63, 3.8) is 0 Å². The lowest BCUT2D eigenvalue weighted by atomic mass is 9.96. The number of alkyl halides is 1. The van der Waals surface area contributed by atoms with E-state index in [0.717, 1.165) is 13.0 Å². The quantitative estimate of drug-likeness (QED) is 0.728. The number of halogens is 1. The molecule has 2 rings (SSSR count). The molecule has 1 aromatic rings. The van der Waals surface area contributed by atoms with Crippen molar-refractivity contribution < 1.29 is 9.50 Å². The first-order valence-electron chi connectivity index (χ1n) is 4.44. The molecule has 1 aromatic carbocycles. The number of phenolic OH excluding ortho intramolecular Hbond substituents is 1. The summed E-state index contributed by atoms with van der Waals surface area (Å²) >= 11 is 0. The van der Waals surface area contributed by atoms with Crippen molar-refractivity contribution in [2.75, 3.05) is 6.54 Å². The van der Waals surface area contributed by atoms with E-state index >= 15 is 0 Å². The van der Waals surface area contributed by atoms with Crippen LogP contribution in [0.25, 0.3) is 0 Å². The van der Waals surface area contributed by atoms with Gasteiger partial charge < -0.3 is 10.4 Å². The number of aromatic hydroxyl groups is 1. The highest BCUT2D eigenvalue weighted by Gasteiger charge is 2.27. The highest BCUT2D eigenvalue weighted by atomic mass is 19.1. The second-order valence-electron chi connectivity index (χ2n) is 3.34. The molecule has 0 bridgehead atoms. The largest absolute Gasteiger partial charge is 0.508 e. The minimum absolute atomic E-state index is 0.0375. The highest BCUT2D eigenvalue weighted by Crippen LogP contribution is 2.27. The molecule has 13 heavy (non-hydrogen) atoms. The van der Waals surface area contributed by atoms with Crippen molar-refractivity contribution in [2.45, 2.75) is 18.6 Å². The Bertz CT molecular complexity index is 281. The monoisotopic (exact) mass is 181 g/mol. The Kier molecular flexibility index (Phi) is 2.19. The van der Waals surface area contributed by atoms with Gasteiger partial charge in [0.25, 0.3) is 0 Å². The maximum Gasteiger partial charge on any atom is 0.140 e. The average molecular weight is 181 g/mol. The third kappa shape index (κ3) is 1.65. The topological polar surface area (TPSA) is 32.3 Å². The lowest BCUT2D eigenvalue weighted by molar-refractivity contribution is 0.194. The van der Waals surface area contributed by atoms with Crippen molar-refractivity contribution in [3.05, 3.63) is 29.8 Å². The van der Waals surface area contributed by atoms with Gasteiger partial charge in [0.1, 0.15) is 11.9 Å². The van der Waals surface area contributed by atoms with E-state index < -0.39 is 6.17 Å². The molecule has 2 atom stereocenters. The van der Waals surface area contributed by atoms with Crippen molar-refractivity contribution in [1.82, 2.24) is 5.32 Å². The van der Waals surface area contributed by atoms with E-state index in [4.69, 9.17) is 5.11 Å². The van der Waals surface area contributed by atoms with Crippen LogP contribution in [0.4, 0.5) is 4.39 Å². The van der Waals surface area contributed by atoms with Gasteiger partial charge in [-0.05, 0) is 30.7 Å². The Hall–Kier alpha value is -1.09. The molecule has 1 saturated heterocycles. The van der Waals surface area contributed by atoms with Gasteiger partial charge in [-0.15, -0.1) is 0 Å². The summed E-state index contributed by atoms with van der Waals surface area (Å²) in [5.74, 6) is 0.178. The zero-order valence-corrected chi connectivity index (χ0v) is 7.20. The van der Waals surface area contributed by atoms with Gasteiger partial charge in [0.2, 0.25) is 0 Å². The van der Waals surface area contributed by atoms with E-state index in [-0.39, 0.29) is 11.8 Å². The summed E-state index contributed by atoms with van der Waals surface area (Å²) in [7, 11) is 0. The predicted octanol–water partition coefficient (Wildman–Crippen LogP) is 1.76. The average Bonchev–Trinajstić information content (AvgIpc) is 2.02. The van der Waals surface area contributed by atoms with Crippen molar-refractivity contribution in [1.29, 1.82) is 0 Å². The first-order valence-corrected chi connectivity index (χ1v) is 4.44. The third-order valence-electron chi connectivity index (χ3n) is 2.43. The standard InChI is InChI=1S/C10H12FNO/c11-10(9-5-6-12-9)7-1-3-8(13)4-2-7/h1-4,9-10,12-13H,5-6H2. The van der Waals surface area contributed by atoms with Crippen LogP contribution in [0.3, 0.4) is 0 Å². The summed E-state index contributed by atoms with van der Waals surface area (Å²) < 4.78 is 13.6. The number of rotatable bonds is 2. The molecule has 2 unspecified atom stereocenters. The molecule has 70 valence electrons. The molecule has 1 heterocycles. The molecule has 0 radical (unpaired) electrons. The Balaban J connectivity index is 2.10. The van der Waals surface area contributed by atoms with Gasteiger partial charge in [0.15, 0.2) is 0 Å². The van der Waals surface area contributed by atoms with Crippen molar-refractivity contribution >= 4 is 0 Å². The Morgan fingerprint density at radius 1 is 1.38 bits per heavy atom. The first kappa shape index (κ1) is 8.51. The molecule has 0 amide bonds. The number of phenols is 1. The van der Waals surface area contributed by atoms with Crippen molar-refractivity contribution in [3.8, 4) is 5.75 Å². The minimum atomic E-state index is -0.950. The van der Waals surface area contributed by atoms with E-state index in [1.165, 1.54) is 12.1 Å². The number of hydrogen-bond acceptors (Lipinski definition) is 2. The van der Waals surface area contributed by atoms with E-state index in [9.17, 15) is 4.39 Å². The summed E-state index contributed by atoms with van der Waals surface area (Å²) in [6.07, 6.45) is -0.0588. The maximum absolute atomic E-state index is 13.6. The van der Waals surface area contributed by atoms with Gasteiger partial charge in [-0.1, -0.05) is 12.1 Å². The van der Waals surface area contributed by atoms with Crippen LogP contribution in [-0.2, 0) is 0 Å². The highest BCUT2D eigenvalue weighted by molar-refractivity contribution is 5.28. The second kappa shape index (κ2) is 3.34. The number of hydrogen-bond donors (Lipinski definition) is 2. The van der Waals surface area contributed by atoms with Gasteiger partial charge >= 0.3 is 0 Å². The molecule has 0 saturated carbocycles. The lowest BCUT2D eigenvalue weighted by Gasteiger charge is -2.30. The molecule has 2 nitrogen and oxygen atoms in total. The van der Waals surface area contributed by atoms with Crippen LogP contribution in [0.2, 0.25) is 0 Å². The molecule has 1 fully saturated rings. The van der Waals surface area contributed by atoms with Gasteiger partial charge in [0.05, 0.1) is 0 Å². The Morgan fingerprint density at radius 2 is 2.00 bits per heavy atom. The zero-order chi connectivity index (χ0) is 9.26. The normalized spacial score (nSPS) is 23.6. The van der Waals surface area contributed by atoms with Crippen LogP contribution >= 0.6 is 0 Å². The molecule has 3 heteroatoms. The summed E-state index contributed by atoms with van der Waals surface area (Å²) in [6.45, 7) is 0.906. The van der Waals surface area contributed by atoms with E-state index in [1.807, 2.05) is 0 Å². The van der Waals surface area contributed by atoms with E-state index in [0.29, 0.717) is 5.56 Å².